The van der Waals surface area contributed by atoms with Crippen molar-refractivity contribution in [3.63, 3.8) is 0 Å². The van der Waals surface area contributed by atoms with Crippen LogP contribution < -0.4 is 20.7 Å². The predicted molar refractivity (Wildman–Crippen MR) is 119 cm³/mol. The number of carbonyl (C=O) groups is 3. The van der Waals surface area contributed by atoms with E-state index >= 15 is 0 Å². The van der Waals surface area contributed by atoms with Crippen LogP contribution in [0.2, 0.25) is 0 Å². The fraction of sp³-hybridized carbons (Fsp3) is 0.348. The van der Waals surface area contributed by atoms with Gasteiger partial charge in [0.15, 0.2) is 6.61 Å². The lowest BCUT2D eigenvalue weighted by molar-refractivity contribution is -0.118. The molecule has 0 bridgehead atoms. The zero-order valence-electron chi connectivity index (χ0n) is 18.5. The minimum atomic E-state index is -0.674. The maximum absolute atomic E-state index is 12.2. The van der Waals surface area contributed by atoms with E-state index in [4.69, 9.17) is 9.47 Å². The molecule has 0 fully saturated rings. The van der Waals surface area contributed by atoms with E-state index in [2.05, 4.69) is 16.0 Å². The van der Waals surface area contributed by atoms with E-state index < -0.39 is 17.6 Å². The van der Waals surface area contributed by atoms with Gasteiger partial charge in [0, 0.05) is 11.4 Å². The Kier molecular flexibility index (Phi) is 8.01. The van der Waals surface area contributed by atoms with Gasteiger partial charge >= 0.3 is 6.09 Å². The standard InChI is InChI=1S/C23H29N3O5/c1-15-9-10-19(11-16(15)2)30-14-21(28)26-18-8-6-7-17(12-18)25-20(27)13-24-22(29)31-23(3,4)5/h6-12H,13-14H2,1-5H3,(H,24,29)(H,25,27)(H,26,28). The summed E-state index contributed by atoms with van der Waals surface area (Å²) in [5.41, 5.74) is 2.57. The summed E-state index contributed by atoms with van der Waals surface area (Å²) < 4.78 is 10.6. The number of hydrogen-bond acceptors (Lipinski definition) is 5. The number of benzene rings is 2. The second-order valence-electron chi connectivity index (χ2n) is 8.07. The molecule has 3 amide bonds. The molecular formula is C23H29N3O5. The molecule has 3 N–H and O–H groups in total. The monoisotopic (exact) mass is 427 g/mol. The SMILES string of the molecule is Cc1ccc(OCC(=O)Nc2cccc(NC(=O)CNC(=O)OC(C)(C)C)c2)cc1C. The molecule has 0 aromatic heterocycles. The Hall–Kier alpha value is -3.55. The Morgan fingerprint density at radius 2 is 1.52 bits per heavy atom. The number of carbonyl (C=O) groups excluding carboxylic acids is 3. The molecule has 166 valence electrons. The molecule has 0 spiro atoms. The molecule has 2 rings (SSSR count). The number of ether oxygens (including phenoxy) is 2. The van der Waals surface area contributed by atoms with Gasteiger partial charge in [-0.3, -0.25) is 9.59 Å². The van der Waals surface area contributed by atoms with E-state index in [1.54, 1.807) is 45.0 Å². The van der Waals surface area contributed by atoms with Crippen molar-refractivity contribution < 1.29 is 23.9 Å². The third-order valence-electron chi connectivity index (χ3n) is 4.07. The van der Waals surface area contributed by atoms with Crippen molar-refractivity contribution in [3.05, 3.63) is 53.6 Å². The Morgan fingerprint density at radius 3 is 2.13 bits per heavy atom. The molecule has 31 heavy (non-hydrogen) atoms. The summed E-state index contributed by atoms with van der Waals surface area (Å²) in [6, 6.07) is 12.3. The van der Waals surface area contributed by atoms with Crippen LogP contribution in [0, 0.1) is 13.8 Å². The molecule has 2 aromatic carbocycles. The first-order valence-corrected chi connectivity index (χ1v) is 9.88. The molecule has 0 heterocycles. The number of aryl methyl sites for hydroxylation is 2. The third kappa shape index (κ3) is 8.77. The van der Waals surface area contributed by atoms with Gasteiger partial charge in [-0.1, -0.05) is 12.1 Å². The molecular weight excluding hydrogens is 398 g/mol. The van der Waals surface area contributed by atoms with Gasteiger partial charge in [0.2, 0.25) is 5.91 Å². The van der Waals surface area contributed by atoms with Crippen LogP contribution in [0.25, 0.3) is 0 Å². The Balaban J connectivity index is 1.82. The first kappa shape index (κ1) is 23.7. The van der Waals surface area contributed by atoms with Crippen LogP contribution >= 0.6 is 0 Å². The van der Waals surface area contributed by atoms with Gasteiger partial charge < -0.3 is 25.4 Å². The molecule has 0 atom stereocenters. The smallest absolute Gasteiger partial charge is 0.408 e. The first-order chi connectivity index (χ1) is 14.5. The lowest BCUT2D eigenvalue weighted by Crippen LogP contribution is -2.37. The molecule has 0 saturated heterocycles. The van der Waals surface area contributed by atoms with Gasteiger partial charge in [-0.25, -0.2) is 4.79 Å². The molecule has 0 aliphatic carbocycles. The molecule has 0 radical (unpaired) electrons. The van der Waals surface area contributed by atoms with Crippen molar-refractivity contribution in [2.75, 3.05) is 23.8 Å². The van der Waals surface area contributed by atoms with E-state index in [9.17, 15) is 14.4 Å². The average molecular weight is 428 g/mol. The van der Waals surface area contributed by atoms with Crippen LogP contribution in [0.1, 0.15) is 31.9 Å². The van der Waals surface area contributed by atoms with Gasteiger partial charge in [0.05, 0.1) is 0 Å². The second-order valence-corrected chi connectivity index (χ2v) is 8.07. The number of rotatable bonds is 7. The van der Waals surface area contributed by atoms with Crippen molar-refractivity contribution >= 4 is 29.3 Å². The zero-order valence-corrected chi connectivity index (χ0v) is 18.5. The van der Waals surface area contributed by atoms with Crippen LogP contribution in [0.5, 0.6) is 5.75 Å². The van der Waals surface area contributed by atoms with E-state index in [0.717, 1.165) is 11.1 Å². The number of nitrogens with one attached hydrogen (secondary N) is 3. The summed E-state index contributed by atoms with van der Waals surface area (Å²) in [7, 11) is 0. The number of hydrogen-bond donors (Lipinski definition) is 3. The van der Waals surface area contributed by atoms with Crippen molar-refractivity contribution in [1.29, 1.82) is 0 Å². The zero-order chi connectivity index (χ0) is 23.0. The molecule has 8 heteroatoms. The minimum Gasteiger partial charge on any atom is -0.484 e. The van der Waals surface area contributed by atoms with Crippen molar-refractivity contribution in [3.8, 4) is 5.75 Å². The normalized spacial score (nSPS) is 10.7. The largest absolute Gasteiger partial charge is 0.484 e. The third-order valence-corrected chi connectivity index (χ3v) is 4.07. The highest BCUT2D eigenvalue weighted by Crippen LogP contribution is 2.17. The number of alkyl carbamates (subject to hydrolysis) is 1. The molecule has 0 aliphatic rings. The molecule has 2 aromatic rings. The van der Waals surface area contributed by atoms with Gasteiger partial charge in [0.25, 0.3) is 5.91 Å². The topological polar surface area (TPSA) is 106 Å². The lowest BCUT2D eigenvalue weighted by Gasteiger charge is -2.19. The summed E-state index contributed by atoms with van der Waals surface area (Å²) in [6.07, 6.45) is -0.674. The van der Waals surface area contributed by atoms with Crippen LogP contribution in [0.15, 0.2) is 42.5 Å². The fourth-order valence-electron chi connectivity index (χ4n) is 2.50. The highest BCUT2D eigenvalue weighted by molar-refractivity contribution is 5.96. The van der Waals surface area contributed by atoms with Crippen LogP contribution in [-0.2, 0) is 14.3 Å². The van der Waals surface area contributed by atoms with Gasteiger partial charge in [-0.05, 0) is 76.1 Å². The van der Waals surface area contributed by atoms with Crippen LogP contribution in [0.4, 0.5) is 16.2 Å². The quantitative estimate of drug-likeness (QED) is 0.624. The van der Waals surface area contributed by atoms with E-state index in [0.29, 0.717) is 17.1 Å². The van der Waals surface area contributed by atoms with Gasteiger partial charge in [-0.15, -0.1) is 0 Å². The molecule has 0 unspecified atom stereocenters. The summed E-state index contributed by atoms with van der Waals surface area (Å²) in [6.45, 7) is 8.81. The maximum atomic E-state index is 12.2. The number of amides is 3. The lowest BCUT2D eigenvalue weighted by atomic mass is 10.1. The van der Waals surface area contributed by atoms with Crippen molar-refractivity contribution in [2.45, 2.75) is 40.2 Å². The van der Waals surface area contributed by atoms with E-state index in [-0.39, 0.29) is 19.1 Å². The van der Waals surface area contributed by atoms with Gasteiger partial charge in [-0.2, -0.15) is 0 Å². The first-order valence-electron chi connectivity index (χ1n) is 9.88. The summed E-state index contributed by atoms with van der Waals surface area (Å²) in [4.78, 5) is 35.8. The van der Waals surface area contributed by atoms with Crippen molar-refractivity contribution in [2.24, 2.45) is 0 Å². The average Bonchev–Trinajstić information content (AvgIpc) is 2.66. The molecule has 0 aliphatic heterocycles. The summed E-state index contributed by atoms with van der Waals surface area (Å²) >= 11 is 0. The minimum absolute atomic E-state index is 0.140. The second kappa shape index (κ2) is 10.5. The number of anilines is 2. The summed E-state index contributed by atoms with van der Waals surface area (Å²) in [5, 5.41) is 7.76. The van der Waals surface area contributed by atoms with Crippen LogP contribution in [-0.4, -0.2) is 36.7 Å². The predicted octanol–water partition coefficient (Wildman–Crippen LogP) is 3.78. The maximum Gasteiger partial charge on any atom is 0.408 e. The highest BCUT2D eigenvalue weighted by Gasteiger charge is 2.16. The van der Waals surface area contributed by atoms with Gasteiger partial charge in [0.1, 0.15) is 17.9 Å². The van der Waals surface area contributed by atoms with Crippen LogP contribution in [0.3, 0.4) is 0 Å². The Bertz CT molecular complexity index is 950. The highest BCUT2D eigenvalue weighted by atomic mass is 16.6. The summed E-state index contributed by atoms with van der Waals surface area (Å²) in [5.74, 6) is -0.127. The fourth-order valence-corrected chi connectivity index (χ4v) is 2.50. The molecule has 0 saturated carbocycles. The van der Waals surface area contributed by atoms with E-state index in [1.165, 1.54) is 0 Å². The van der Waals surface area contributed by atoms with Crippen molar-refractivity contribution in [1.82, 2.24) is 5.32 Å². The Morgan fingerprint density at radius 1 is 0.871 bits per heavy atom. The Labute approximate surface area is 182 Å². The molecule has 8 nitrogen and oxygen atoms in total. The van der Waals surface area contributed by atoms with E-state index in [1.807, 2.05) is 32.0 Å².